The SMILES string of the molecule is CCOCCOC(=O)C1C(C)=NC2=C(C(=O)C[C@@H](c3ccc(OC)c(OC)c3)C2)[C@@H]1c1cc(OC)c(OC)cc1Br. The molecule has 2 aromatic rings. The van der Waals surface area contributed by atoms with Gasteiger partial charge in [-0.05, 0) is 61.6 Å². The van der Waals surface area contributed by atoms with E-state index in [4.69, 9.17) is 33.4 Å². The van der Waals surface area contributed by atoms with E-state index in [0.29, 0.717) is 63.0 Å². The van der Waals surface area contributed by atoms with Crippen molar-refractivity contribution in [1.29, 1.82) is 0 Å². The van der Waals surface area contributed by atoms with Crippen LogP contribution in [-0.4, -0.2) is 65.7 Å². The summed E-state index contributed by atoms with van der Waals surface area (Å²) in [6.45, 7) is 4.61. The zero-order valence-electron chi connectivity index (χ0n) is 24.2. The maximum Gasteiger partial charge on any atom is 0.315 e. The number of allylic oxidation sites excluding steroid dienone is 2. The summed E-state index contributed by atoms with van der Waals surface area (Å²) in [4.78, 5) is 32.4. The molecule has 3 atom stereocenters. The zero-order valence-corrected chi connectivity index (χ0v) is 25.8. The first-order chi connectivity index (χ1) is 19.8. The molecule has 0 spiro atoms. The number of hydrogen-bond acceptors (Lipinski definition) is 9. The summed E-state index contributed by atoms with van der Waals surface area (Å²) in [5, 5.41) is 0. The smallest absolute Gasteiger partial charge is 0.315 e. The zero-order chi connectivity index (χ0) is 29.7. The fourth-order valence-corrected chi connectivity index (χ4v) is 6.16. The van der Waals surface area contributed by atoms with Gasteiger partial charge in [0.1, 0.15) is 12.5 Å². The third-order valence-corrected chi connectivity index (χ3v) is 8.22. The van der Waals surface area contributed by atoms with Crippen LogP contribution in [0.4, 0.5) is 0 Å². The van der Waals surface area contributed by atoms with Gasteiger partial charge in [0.2, 0.25) is 0 Å². The Morgan fingerprint density at radius 1 is 0.927 bits per heavy atom. The molecule has 41 heavy (non-hydrogen) atoms. The van der Waals surface area contributed by atoms with Gasteiger partial charge < -0.3 is 28.4 Å². The summed E-state index contributed by atoms with van der Waals surface area (Å²) in [5.41, 5.74) is 3.44. The number of carbonyl (C=O) groups is 2. The molecule has 1 aliphatic carbocycles. The Bertz CT molecular complexity index is 1370. The van der Waals surface area contributed by atoms with Gasteiger partial charge in [-0.2, -0.15) is 0 Å². The van der Waals surface area contributed by atoms with Crippen LogP contribution in [0.2, 0.25) is 0 Å². The second-order valence-electron chi connectivity index (χ2n) is 9.80. The van der Waals surface area contributed by atoms with Crippen LogP contribution in [0, 0.1) is 5.92 Å². The molecular formula is C31H36BrNO8. The fourth-order valence-electron chi connectivity index (χ4n) is 5.59. The minimum absolute atomic E-state index is 0.0684. The standard InChI is InChI=1S/C31H36BrNO8/c1-7-40-10-11-41-31(35)28-17(2)33-22-12-19(18-8-9-24(36-3)25(14-18)37-4)13-23(34)30(22)29(28)20-15-26(38-5)27(39-6)16-21(20)32/h8-9,14-16,19,28-29H,7,10-13H2,1-6H3/t19-,28?,29+/m0/s1. The van der Waals surface area contributed by atoms with E-state index in [2.05, 4.69) is 15.9 Å². The second kappa shape index (κ2) is 13.5. The molecule has 2 aliphatic rings. The third kappa shape index (κ3) is 6.28. The molecule has 4 rings (SSSR count). The number of ketones is 1. The van der Waals surface area contributed by atoms with E-state index in [-0.39, 0.29) is 31.3 Å². The highest BCUT2D eigenvalue weighted by Gasteiger charge is 2.45. The Morgan fingerprint density at radius 2 is 1.59 bits per heavy atom. The number of Topliss-reactive ketones (excluding diaryl/α,β-unsaturated/α-hetero) is 1. The molecular weight excluding hydrogens is 594 g/mol. The summed E-state index contributed by atoms with van der Waals surface area (Å²) in [5.74, 6) is 0.167. The predicted octanol–water partition coefficient (Wildman–Crippen LogP) is 5.64. The quantitative estimate of drug-likeness (QED) is 0.232. The lowest BCUT2D eigenvalue weighted by Gasteiger charge is -2.37. The molecule has 1 heterocycles. The lowest BCUT2D eigenvalue weighted by atomic mass is 9.69. The molecule has 220 valence electrons. The minimum Gasteiger partial charge on any atom is -0.493 e. The molecule has 0 aromatic heterocycles. The molecule has 0 N–H and O–H groups in total. The van der Waals surface area contributed by atoms with Crippen molar-refractivity contribution in [2.45, 2.75) is 38.5 Å². The average Bonchev–Trinajstić information content (AvgIpc) is 2.97. The van der Waals surface area contributed by atoms with Crippen LogP contribution < -0.4 is 18.9 Å². The number of rotatable bonds is 11. The Balaban J connectivity index is 1.79. The van der Waals surface area contributed by atoms with E-state index in [9.17, 15) is 9.59 Å². The van der Waals surface area contributed by atoms with E-state index < -0.39 is 17.8 Å². The van der Waals surface area contributed by atoms with E-state index >= 15 is 0 Å². The molecule has 1 unspecified atom stereocenters. The number of esters is 1. The largest absolute Gasteiger partial charge is 0.493 e. The van der Waals surface area contributed by atoms with Crippen molar-refractivity contribution in [2.75, 3.05) is 48.3 Å². The van der Waals surface area contributed by atoms with Crippen molar-refractivity contribution < 1.29 is 38.0 Å². The van der Waals surface area contributed by atoms with Gasteiger partial charge in [-0.25, -0.2) is 0 Å². The number of benzene rings is 2. The summed E-state index contributed by atoms with van der Waals surface area (Å²) < 4.78 is 33.6. The van der Waals surface area contributed by atoms with Crippen LogP contribution in [0.25, 0.3) is 0 Å². The Morgan fingerprint density at radius 3 is 2.24 bits per heavy atom. The summed E-state index contributed by atoms with van der Waals surface area (Å²) in [6.07, 6.45) is 0.789. The predicted molar refractivity (Wildman–Crippen MR) is 158 cm³/mol. The van der Waals surface area contributed by atoms with Crippen LogP contribution in [0.15, 0.2) is 51.1 Å². The molecule has 0 fully saturated rings. The van der Waals surface area contributed by atoms with Crippen molar-refractivity contribution in [3.63, 3.8) is 0 Å². The minimum atomic E-state index is -0.800. The van der Waals surface area contributed by atoms with Gasteiger partial charge in [-0.1, -0.05) is 22.0 Å². The lowest BCUT2D eigenvalue weighted by molar-refractivity contribution is -0.148. The van der Waals surface area contributed by atoms with Gasteiger partial charge in [0.15, 0.2) is 28.8 Å². The topological polar surface area (TPSA) is 102 Å². The van der Waals surface area contributed by atoms with Gasteiger partial charge in [0.05, 0.1) is 35.0 Å². The van der Waals surface area contributed by atoms with Crippen molar-refractivity contribution in [3.8, 4) is 23.0 Å². The molecule has 10 heteroatoms. The van der Waals surface area contributed by atoms with Crippen LogP contribution in [0.3, 0.4) is 0 Å². The molecule has 0 radical (unpaired) electrons. The lowest BCUT2D eigenvalue weighted by Crippen LogP contribution is -2.38. The van der Waals surface area contributed by atoms with Crippen LogP contribution in [-0.2, 0) is 19.1 Å². The van der Waals surface area contributed by atoms with Gasteiger partial charge in [-0.3, -0.25) is 14.6 Å². The van der Waals surface area contributed by atoms with E-state index in [1.807, 2.05) is 38.1 Å². The Hall–Kier alpha value is -3.37. The van der Waals surface area contributed by atoms with Crippen molar-refractivity contribution in [3.05, 3.63) is 57.2 Å². The third-order valence-electron chi connectivity index (χ3n) is 7.54. The number of hydrogen-bond donors (Lipinski definition) is 0. The maximum absolute atomic E-state index is 14.0. The molecule has 0 saturated heterocycles. The van der Waals surface area contributed by atoms with Crippen molar-refractivity contribution in [1.82, 2.24) is 0 Å². The molecule has 0 amide bonds. The first kappa shape index (κ1) is 30.6. The van der Waals surface area contributed by atoms with Crippen LogP contribution >= 0.6 is 15.9 Å². The number of aliphatic imine (C=N–C) groups is 1. The molecule has 9 nitrogen and oxygen atoms in total. The van der Waals surface area contributed by atoms with E-state index in [0.717, 1.165) is 5.56 Å². The van der Waals surface area contributed by atoms with Crippen LogP contribution in [0.1, 0.15) is 49.7 Å². The summed E-state index contributed by atoms with van der Waals surface area (Å²) in [7, 11) is 6.28. The van der Waals surface area contributed by atoms with E-state index in [1.165, 1.54) is 0 Å². The normalized spacial score (nSPS) is 20.2. The highest BCUT2D eigenvalue weighted by Crippen LogP contribution is 2.50. The average molecular weight is 631 g/mol. The Kier molecular flexibility index (Phi) is 10.1. The van der Waals surface area contributed by atoms with Crippen LogP contribution in [0.5, 0.6) is 23.0 Å². The fraction of sp³-hybridized carbons (Fsp3) is 0.452. The highest BCUT2D eigenvalue weighted by molar-refractivity contribution is 9.10. The van der Waals surface area contributed by atoms with Crippen molar-refractivity contribution >= 4 is 33.4 Å². The summed E-state index contributed by atoms with van der Waals surface area (Å²) in [6, 6.07) is 9.29. The van der Waals surface area contributed by atoms with Gasteiger partial charge in [0, 0.05) is 40.4 Å². The molecule has 2 aromatic carbocycles. The highest BCUT2D eigenvalue weighted by atomic mass is 79.9. The first-order valence-corrected chi connectivity index (χ1v) is 14.3. The maximum atomic E-state index is 14.0. The summed E-state index contributed by atoms with van der Waals surface area (Å²) >= 11 is 3.66. The monoisotopic (exact) mass is 629 g/mol. The number of ether oxygens (including phenoxy) is 6. The second-order valence-corrected chi connectivity index (χ2v) is 10.7. The van der Waals surface area contributed by atoms with Gasteiger partial charge in [0.25, 0.3) is 0 Å². The number of carbonyl (C=O) groups excluding carboxylic acids is 2. The van der Waals surface area contributed by atoms with Gasteiger partial charge >= 0.3 is 5.97 Å². The van der Waals surface area contributed by atoms with Gasteiger partial charge in [-0.15, -0.1) is 0 Å². The number of nitrogens with zero attached hydrogens (tertiary/aromatic N) is 1. The molecule has 0 saturated carbocycles. The van der Waals surface area contributed by atoms with E-state index in [1.54, 1.807) is 34.5 Å². The first-order valence-electron chi connectivity index (χ1n) is 13.5. The number of halogens is 1. The molecule has 0 bridgehead atoms. The number of methoxy groups -OCH3 is 4. The Labute approximate surface area is 248 Å². The molecule has 1 aliphatic heterocycles. The van der Waals surface area contributed by atoms with Crippen molar-refractivity contribution in [2.24, 2.45) is 10.9 Å².